The van der Waals surface area contributed by atoms with E-state index in [4.69, 9.17) is 4.74 Å². The van der Waals surface area contributed by atoms with E-state index in [1.165, 1.54) is 4.90 Å². The monoisotopic (exact) mass is 611 g/mol. The van der Waals surface area contributed by atoms with Crippen molar-refractivity contribution >= 4 is 34.2 Å². The predicted octanol–water partition coefficient (Wildman–Crippen LogP) is 6.06. The number of para-hydroxylation sites is 2. The van der Waals surface area contributed by atoms with Gasteiger partial charge in [0.1, 0.15) is 17.0 Å². The van der Waals surface area contributed by atoms with E-state index in [1.54, 1.807) is 12.1 Å². The molecule has 5 aromatic carbocycles. The van der Waals surface area contributed by atoms with Gasteiger partial charge in [0.15, 0.2) is 0 Å². The number of nitrogens with zero attached hydrogens (tertiary/aromatic N) is 1. The van der Waals surface area contributed by atoms with Gasteiger partial charge in [-0.15, -0.1) is 0 Å². The Hall–Kier alpha value is -5.47. The number of ether oxygens (including phenoxy) is 1. The molecule has 0 bridgehead atoms. The van der Waals surface area contributed by atoms with Crippen molar-refractivity contribution < 1.29 is 24.2 Å². The number of nitrogens with one attached hydrogen (secondary N) is 2. The SMILES string of the molecule is O=C1C2C(c3ccc(Oc4ccccc4)cc3)NC(Cc3ccc4ccccc4c3)(C(=O)O)C2C(=O)N1CCNc1ccccc1. The van der Waals surface area contributed by atoms with Gasteiger partial charge in [0, 0.05) is 31.2 Å². The highest BCUT2D eigenvalue weighted by molar-refractivity contribution is 6.09. The first-order valence-corrected chi connectivity index (χ1v) is 15.4. The molecular weight excluding hydrogens is 578 g/mol. The first-order chi connectivity index (χ1) is 22.4. The minimum Gasteiger partial charge on any atom is -0.480 e. The number of anilines is 1. The second-order valence-corrected chi connectivity index (χ2v) is 11.9. The molecule has 8 nitrogen and oxygen atoms in total. The lowest BCUT2D eigenvalue weighted by atomic mass is 9.76. The zero-order chi connectivity index (χ0) is 31.7. The van der Waals surface area contributed by atoms with Gasteiger partial charge in [-0.1, -0.05) is 91.0 Å². The van der Waals surface area contributed by atoms with Crippen molar-refractivity contribution in [3.63, 3.8) is 0 Å². The van der Waals surface area contributed by atoms with E-state index in [0.29, 0.717) is 23.6 Å². The zero-order valence-corrected chi connectivity index (χ0v) is 25.0. The molecule has 0 saturated carbocycles. The first-order valence-electron chi connectivity index (χ1n) is 15.4. The quantitative estimate of drug-likeness (QED) is 0.165. The lowest BCUT2D eigenvalue weighted by Gasteiger charge is -2.31. The van der Waals surface area contributed by atoms with Gasteiger partial charge in [0.25, 0.3) is 0 Å². The van der Waals surface area contributed by atoms with Crippen LogP contribution in [0.4, 0.5) is 5.69 Å². The third kappa shape index (κ3) is 5.37. The van der Waals surface area contributed by atoms with Crippen LogP contribution < -0.4 is 15.4 Å². The summed E-state index contributed by atoms with van der Waals surface area (Å²) in [6.45, 7) is 0.469. The fraction of sp³-hybridized carbons (Fsp3) is 0.184. The number of hydrogen-bond donors (Lipinski definition) is 3. The molecule has 46 heavy (non-hydrogen) atoms. The topological polar surface area (TPSA) is 108 Å². The average Bonchev–Trinajstić information content (AvgIpc) is 3.55. The third-order valence-electron chi connectivity index (χ3n) is 9.08. The third-order valence-corrected chi connectivity index (χ3v) is 9.08. The van der Waals surface area contributed by atoms with Crippen molar-refractivity contribution in [2.75, 3.05) is 18.4 Å². The van der Waals surface area contributed by atoms with Crippen LogP contribution in [0, 0.1) is 11.8 Å². The minimum atomic E-state index is -1.70. The number of hydrogen-bond acceptors (Lipinski definition) is 6. The standard InChI is InChI=1S/C38H33N3O5/c42-35-32-33(36(43)41(35)22-21-39-29-11-3-1-4-12-29)38(37(44)45,24-25-15-16-26-9-7-8-10-28(26)23-25)40-34(32)27-17-19-31(20-18-27)46-30-13-5-2-6-14-30/h1-20,23,32-34,39-40H,21-22,24H2,(H,44,45). The molecule has 7 rings (SSSR count). The number of benzene rings is 5. The predicted molar refractivity (Wildman–Crippen MR) is 175 cm³/mol. The molecule has 0 aliphatic carbocycles. The second-order valence-electron chi connectivity index (χ2n) is 11.9. The summed E-state index contributed by atoms with van der Waals surface area (Å²) in [4.78, 5) is 42.8. The fourth-order valence-corrected chi connectivity index (χ4v) is 6.91. The van der Waals surface area contributed by atoms with Crippen LogP contribution in [-0.2, 0) is 20.8 Å². The van der Waals surface area contributed by atoms with Crippen molar-refractivity contribution in [3.05, 3.63) is 139 Å². The Kier molecular flexibility index (Phi) is 7.72. The molecule has 2 fully saturated rings. The highest BCUT2D eigenvalue weighted by atomic mass is 16.5. The van der Waals surface area contributed by atoms with Crippen molar-refractivity contribution in [1.82, 2.24) is 10.2 Å². The van der Waals surface area contributed by atoms with Gasteiger partial charge in [0.05, 0.1) is 11.8 Å². The van der Waals surface area contributed by atoms with Gasteiger partial charge in [-0.05, 0) is 58.3 Å². The molecule has 4 atom stereocenters. The highest BCUT2D eigenvalue weighted by Gasteiger charge is 2.68. The molecule has 2 heterocycles. The minimum absolute atomic E-state index is 0.0369. The number of fused-ring (bicyclic) bond motifs is 2. The number of rotatable bonds is 10. The Balaban J connectivity index is 1.22. The molecule has 4 unspecified atom stereocenters. The maximum atomic E-state index is 14.2. The maximum Gasteiger partial charge on any atom is 0.325 e. The molecule has 0 spiro atoms. The number of imide groups is 1. The molecule has 8 heteroatoms. The number of carboxylic acids is 1. The first kappa shape index (κ1) is 29.3. The van der Waals surface area contributed by atoms with Crippen LogP contribution >= 0.6 is 0 Å². The Bertz CT molecular complexity index is 1900. The fourth-order valence-electron chi connectivity index (χ4n) is 6.91. The molecule has 5 aromatic rings. The van der Waals surface area contributed by atoms with E-state index in [1.807, 2.05) is 115 Å². The lowest BCUT2D eigenvalue weighted by Crippen LogP contribution is -2.57. The summed E-state index contributed by atoms with van der Waals surface area (Å²) in [6, 6.07) is 39.2. The Labute approximate surface area is 266 Å². The molecule has 3 N–H and O–H groups in total. The van der Waals surface area contributed by atoms with Crippen molar-refractivity contribution in [2.24, 2.45) is 11.8 Å². The summed E-state index contributed by atoms with van der Waals surface area (Å²) in [5, 5.41) is 19.5. The summed E-state index contributed by atoms with van der Waals surface area (Å²) in [6.07, 6.45) is 0.0369. The van der Waals surface area contributed by atoms with Gasteiger partial charge in [-0.25, -0.2) is 0 Å². The van der Waals surface area contributed by atoms with Gasteiger partial charge < -0.3 is 15.2 Å². The van der Waals surface area contributed by atoms with Gasteiger partial charge in [-0.2, -0.15) is 0 Å². The van der Waals surface area contributed by atoms with Gasteiger partial charge in [0.2, 0.25) is 11.8 Å². The van der Waals surface area contributed by atoms with Crippen LogP contribution in [0.1, 0.15) is 17.2 Å². The highest BCUT2D eigenvalue weighted by Crippen LogP contribution is 2.50. The summed E-state index contributed by atoms with van der Waals surface area (Å²) >= 11 is 0. The summed E-state index contributed by atoms with van der Waals surface area (Å²) in [5.41, 5.74) is 0.646. The number of amides is 2. The Morgan fingerprint density at radius 2 is 1.43 bits per heavy atom. The molecular formula is C38H33N3O5. The molecule has 2 amide bonds. The molecule has 2 aliphatic heterocycles. The number of carboxylic acid groups (broad SMARTS) is 1. The van der Waals surface area contributed by atoms with Gasteiger partial charge >= 0.3 is 5.97 Å². The van der Waals surface area contributed by atoms with Crippen LogP contribution in [0.15, 0.2) is 127 Å². The lowest BCUT2D eigenvalue weighted by molar-refractivity contribution is -0.151. The van der Waals surface area contributed by atoms with Crippen LogP contribution in [-0.4, -0.2) is 46.4 Å². The summed E-state index contributed by atoms with van der Waals surface area (Å²) in [5.74, 6) is -2.68. The van der Waals surface area contributed by atoms with Crippen molar-refractivity contribution in [2.45, 2.75) is 18.0 Å². The van der Waals surface area contributed by atoms with Gasteiger partial charge in [-0.3, -0.25) is 24.6 Å². The van der Waals surface area contributed by atoms with E-state index in [0.717, 1.165) is 22.0 Å². The maximum absolute atomic E-state index is 14.2. The average molecular weight is 612 g/mol. The van der Waals surface area contributed by atoms with E-state index < -0.39 is 35.3 Å². The Morgan fingerprint density at radius 1 is 0.783 bits per heavy atom. The van der Waals surface area contributed by atoms with E-state index in [9.17, 15) is 19.5 Å². The van der Waals surface area contributed by atoms with Crippen LogP contribution in [0.2, 0.25) is 0 Å². The van der Waals surface area contributed by atoms with Crippen molar-refractivity contribution in [1.29, 1.82) is 0 Å². The largest absolute Gasteiger partial charge is 0.480 e. The molecule has 2 aliphatic rings. The number of aliphatic carboxylic acids is 1. The van der Waals surface area contributed by atoms with Crippen LogP contribution in [0.25, 0.3) is 10.8 Å². The van der Waals surface area contributed by atoms with E-state index in [-0.39, 0.29) is 18.9 Å². The second kappa shape index (κ2) is 12.1. The van der Waals surface area contributed by atoms with Crippen LogP contribution in [0.3, 0.4) is 0 Å². The zero-order valence-electron chi connectivity index (χ0n) is 25.0. The molecule has 0 aromatic heterocycles. The number of likely N-dealkylation sites (tertiary alicyclic amines) is 1. The number of carbonyl (C=O) groups is 3. The smallest absolute Gasteiger partial charge is 0.325 e. The Morgan fingerprint density at radius 3 is 2.15 bits per heavy atom. The molecule has 230 valence electrons. The van der Waals surface area contributed by atoms with E-state index >= 15 is 0 Å². The van der Waals surface area contributed by atoms with Crippen LogP contribution in [0.5, 0.6) is 11.5 Å². The molecule has 2 saturated heterocycles. The summed E-state index contributed by atoms with van der Waals surface area (Å²) < 4.78 is 5.96. The van der Waals surface area contributed by atoms with E-state index in [2.05, 4.69) is 10.6 Å². The molecule has 0 radical (unpaired) electrons. The normalized spacial score (nSPS) is 22.2. The summed E-state index contributed by atoms with van der Waals surface area (Å²) in [7, 11) is 0. The van der Waals surface area contributed by atoms with Crippen molar-refractivity contribution in [3.8, 4) is 11.5 Å². The number of carbonyl (C=O) groups excluding carboxylic acids is 2.